The van der Waals surface area contributed by atoms with Crippen molar-refractivity contribution in [1.82, 2.24) is 19.7 Å². The monoisotopic (exact) mass is 267 g/mol. The third-order valence-corrected chi connectivity index (χ3v) is 3.07. The van der Waals surface area contributed by atoms with E-state index in [2.05, 4.69) is 27.3 Å². The first-order valence-corrected chi connectivity index (χ1v) is 6.80. The van der Waals surface area contributed by atoms with E-state index < -0.39 is 0 Å². The molecule has 0 saturated carbocycles. The van der Waals surface area contributed by atoms with Crippen LogP contribution in [-0.4, -0.2) is 26.3 Å². The van der Waals surface area contributed by atoms with Gasteiger partial charge in [0.15, 0.2) is 5.82 Å². The van der Waals surface area contributed by atoms with Crippen molar-refractivity contribution in [2.24, 2.45) is 0 Å². The van der Waals surface area contributed by atoms with Crippen molar-refractivity contribution in [2.75, 3.05) is 11.9 Å². The van der Waals surface area contributed by atoms with E-state index in [1.54, 1.807) is 0 Å². The number of rotatable bonds is 4. The van der Waals surface area contributed by atoms with E-state index in [0.29, 0.717) is 0 Å². The first kappa shape index (κ1) is 12.6. The van der Waals surface area contributed by atoms with Gasteiger partial charge in [0, 0.05) is 18.0 Å². The largest absolute Gasteiger partial charge is 0.370 e. The van der Waals surface area contributed by atoms with Gasteiger partial charge in [0.25, 0.3) is 0 Å². The van der Waals surface area contributed by atoms with Crippen molar-refractivity contribution < 1.29 is 0 Å². The molecule has 3 aromatic rings. The average Bonchev–Trinajstić information content (AvgIpc) is 2.88. The Bertz CT molecular complexity index is 732. The molecule has 0 bridgehead atoms. The Morgan fingerprint density at radius 3 is 2.90 bits per heavy atom. The first-order chi connectivity index (χ1) is 9.78. The number of benzene rings is 1. The van der Waals surface area contributed by atoms with Crippen molar-refractivity contribution in [3.63, 3.8) is 0 Å². The molecule has 102 valence electrons. The van der Waals surface area contributed by atoms with Crippen LogP contribution < -0.4 is 5.32 Å². The summed E-state index contributed by atoms with van der Waals surface area (Å²) in [6.07, 6.45) is 2.91. The van der Waals surface area contributed by atoms with Crippen molar-refractivity contribution in [3.8, 4) is 5.82 Å². The average molecular weight is 267 g/mol. The van der Waals surface area contributed by atoms with Gasteiger partial charge in [-0.2, -0.15) is 5.10 Å². The van der Waals surface area contributed by atoms with Crippen LogP contribution in [0.1, 0.15) is 19.2 Å². The van der Waals surface area contributed by atoms with E-state index in [1.165, 1.54) is 0 Å². The van der Waals surface area contributed by atoms with Gasteiger partial charge in [0.05, 0.1) is 11.7 Å². The summed E-state index contributed by atoms with van der Waals surface area (Å²) in [5, 5.41) is 8.82. The van der Waals surface area contributed by atoms with Crippen molar-refractivity contribution in [3.05, 3.63) is 42.4 Å². The zero-order valence-corrected chi connectivity index (χ0v) is 11.7. The van der Waals surface area contributed by atoms with E-state index in [4.69, 9.17) is 0 Å². The summed E-state index contributed by atoms with van der Waals surface area (Å²) >= 11 is 0. The fraction of sp³-hybridized carbons (Fsp3) is 0.267. The van der Waals surface area contributed by atoms with Crippen LogP contribution in [0.15, 0.2) is 36.5 Å². The van der Waals surface area contributed by atoms with Crippen LogP contribution in [0.3, 0.4) is 0 Å². The SMILES string of the molecule is CCCNc1cc(-n2ncc3ccccc32)nc(C)n1. The number of nitrogens with zero attached hydrogens (tertiary/aromatic N) is 4. The molecule has 1 N–H and O–H groups in total. The molecule has 0 aliphatic carbocycles. The second-order valence-electron chi connectivity index (χ2n) is 4.70. The Morgan fingerprint density at radius 1 is 1.20 bits per heavy atom. The summed E-state index contributed by atoms with van der Waals surface area (Å²) in [6, 6.07) is 10.0. The molecule has 0 atom stereocenters. The topological polar surface area (TPSA) is 55.6 Å². The third-order valence-electron chi connectivity index (χ3n) is 3.07. The summed E-state index contributed by atoms with van der Waals surface area (Å²) in [7, 11) is 0. The maximum absolute atomic E-state index is 4.48. The number of aromatic nitrogens is 4. The third kappa shape index (κ3) is 2.34. The predicted octanol–water partition coefficient (Wildman–Crippen LogP) is 2.95. The molecule has 0 aliphatic heterocycles. The molecule has 0 saturated heterocycles. The van der Waals surface area contributed by atoms with Crippen molar-refractivity contribution in [1.29, 1.82) is 0 Å². The summed E-state index contributed by atoms with van der Waals surface area (Å²) in [5.74, 6) is 2.37. The lowest BCUT2D eigenvalue weighted by Gasteiger charge is -2.08. The minimum atomic E-state index is 0.737. The summed E-state index contributed by atoms with van der Waals surface area (Å²) in [6.45, 7) is 4.92. The van der Waals surface area contributed by atoms with Gasteiger partial charge in [-0.3, -0.25) is 0 Å². The normalized spacial score (nSPS) is 10.9. The van der Waals surface area contributed by atoms with Crippen LogP contribution in [0.25, 0.3) is 16.7 Å². The Morgan fingerprint density at radius 2 is 2.05 bits per heavy atom. The summed E-state index contributed by atoms with van der Waals surface area (Å²) < 4.78 is 1.85. The van der Waals surface area contributed by atoms with Gasteiger partial charge >= 0.3 is 0 Å². The van der Waals surface area contributed by atoms with E-state index in [0.717, 1.165) is 41.3 Å². The molecule has 0 spiro atoms. The molecule has 0 aliphatic rings. The minimum Gasteiger partial charge on any atom is -0.370 e. The fourth-order valence-electron chi connectivity index (χ4n) is 2.16. The standard InChI is InChI=1S/C15H17N5/c1-3-8-16-14-9-15(19-11(2)18-14)20-13-7-5-4-6-12(13)10-17-20/h4-7,9-10H,3,8H2,1-2H3,(H,16,18,19). The van der Waals surface area contributed by atoms with E-state index in [1.807, 2.05) is 48.1 Å². The van der Waals surface area contributed by atoms with Gasteiger partial charge < -0.3 is 5.32 Å². The first-order valence-electron chi connectivity index (χ1n) is 6.80. The molecule has 0 fully saturated rings. The van der Waals surface area contributed by atoms with Gasteiger partial charge in [-0.05, 0) is 19.4 Å². The molecule has 0 unspecified atom stereocenters. The number of nitrogens with one attached hydrogen (secondary N) is 1. The second kappa shape index (κ2) is 5.28. The Balaban J connectivity index is 2.07. The molecular weight excluding hydrogens is 250 g/mol. The molecule has 20 heavy (non-hydrogen) atoms. The van der Waals surface area contributed by atoms with Gasteiger partial charge in [-0.25, -0.2) is 14.6 Å². The maximum atomic E-state index is 4.48. The van der Waals surface area contributed by atoms with Crippen LogP contribution in [-0.2, 0) is 0 Å². The number of fused-ring (bicyclic) bond motifs is 1. The number of anilines is 1. The number of para-hydroxylation sites is 1. The fourth-order valence-corrected chi connectivity index (χ4v) is 2.16. The van der Waals surface area contributed by atoms with Crippen LogP contribution in [0.4, 0.5) is 5.82 Å². The van der Waals surface area contributed by atoms with E-state index in [-0.39, 0.29) is 0 Å². The van der Waals surface area contributed by atoms with E-state index >= 15 is 0 Å². The number of hydrogen-bond donors (Lipinski definition) is 1. The zero-order chi connectivity index (χ0) is 13.9. The van der Waals surface area contributed by atoms with Gasteiger partial charge in [-0.1, -0.05) is 25.1 Å². The number of aryl methyl sites for hydroxylation is 1. The predicted molar refractivity (Wildman–Crippen MR) is 80.2 cm³/mol. The number of hydrogen-bond acceptors (Lipinski definition) is 4. The van der Waals surface area contributed by atoms with E-state index in [9.17, 15) is 0 Å². The maximum Gasteiger partial charge on any atom is 0.159 e. The lowest BCUT2D eigenvalue weighted by Crippen LogP contribution is -2.07. The summed E-state index contributed by atoms with van der Waals surface area (Å²) in [5.41, 5.74) is 1.05. The highest BCUT2D eigenvalue weighted by molar-refractivity contribution is 5.79. The van der Waals surface area contributed by atoms with Crippen LogP contribution in [0.2, 0.25) is 0 Å². The Hall–Kier alpha value is -2.43. The van der Waals surface area contributed by atoms with Gasteiger partial charge in [0.2, 0.25) is 0 Å². The molecule has 5 heteroatoms. The van der Waals surface area contributed by atoms with Gasteiger partial charge in [-0.15, -0.1) is 0 Å². The quantitative estimate of drug-likeness (QED) is 0.789. The molecule has 5 nitrogen and oxygen atoms in total. The molecular formula is C15H17N5. The highest BCUT2D eigenvalue weighted by atomic mass is 15.3. The molecule has 0 radical (unpaired) electrons. The highest BCUT2D eigenvalue weighted by Gasteiger charge is 2.08. The lowest BCUT2D eigenvalue weighted by atomic mass is 10.2. The van der Waals surface area contributed by atoms with Crippen LogP contribution >= 0.6 is 0 Å². The van der Waals surface area contributed by atoms with Crippen molar-refractivity contribution in [2.45, 2.75) is 20.3 Å². The molecule has 3 rings (SSSR count). The second-order valence-corrected chi connectivity index (χ2v) is 4.70. The van der Waals surface area contributed by atoms with Crippen molar-refractivity contribution >= 4 is 16.7 Å². The Kier molecular flexibility index (Phi) is 3.33. The molecule has 0 amide bonds. The van der Waals surface area contributed by atoms with Crippen LogP contribution in [0, 0.1) is 6.92 Å². The minimum absolute atomic E-state index is 0.737. The Labute approximate surface area is 117 Å². The zero-order valence-electron chi connectivity index (χ0n) is 11.7. The van der Waals surface area contributed by atoms with Crippen LogP contribution in [0.5, 0.6) is 0 Å². The highest BCUT2D eigenvalue weighted by Crippen LogP contribution is 2.18. The van der Waals surface area contributed by atoms with Gasteiger partial charge in [0.1, 0.15) is 11.6 Å². The molecule has 1 aromatic carbocycles. The molecule has 2 heterocycles. The lowest BCUT2D eigenvalue weighted by molar-refractivity contribution is 0.850. The molecule has 2 aromatic heterocycles. The smallest absolute Gasteiger partial charge is 0.159 e. The summed E-state index contributed by atoms with van der Waals surface area (Å²) in [4.78, 5) is 8.88.